The lowest BCUT2D eigenvalue weighted by Gasteiger charge is -2.11. The molecule has 0 saturated carbocycles. The molecule has 1 aromatic rings. The van der Waals surface area contributed by atoms with Crippen molar-refractivity contribution in [2.24, 2.45) is 0 Å². The average Bonchev–Trinajstić information content (AvgIpc) is 2.71. The van der Waals surface area contributed by atoms with Crippen LogP contribution >= 0.6 is 0 Å². The van der Waals surface area contributed by atoms with E-state index in [1.54, 1.807) is 6.07 Å². The van der Waals surface area contributed by atoms with Crippen molar-refractivity contribution in [1.82, 2.24) is 5.32 Å². The zero-order valence-corrected chi connectivity index (χ0v) is 8.83. The molecule has 1 radical (unpaired) electrons. The van der Waals surface area contributed by atoms with Crippen LogP contribution in [-0.4, -0.2) is 19.2 Å². The summed E-state index contributed by atoms with van der Waals surface area (Å²) in [5.74, 6) is 0.837. The first-order valence-corrected chi connectivity index (χ1v) is 5.48. The Morgan fingerprint density at radius 2 is 2.53 bits per heavy atom. The molecular weight excluding hydrogens is 188 g/mol. The quantitative estimate of drug-likeness (QED) is 0.734. The van der Waals surface area contributed by atoms with Crippen molar-refractivity contribution < 1.29 is 4.74 Å². The first-order chi connectivity index (χ1) is 7.34. The highest BCUT2D eigenvalue weighted by Crippen LogP contribution is 2.15. The van der Waals surface area contributed by atoms with E-state index in [2.05, 4.69) is 11.4 Å². The van der Waals surface area contributed by atoms with E-state index in [0.717, 1.165) is 25.3 Å². The molecule has 3 nitrogen and oxygen atoms in total. The molecule has 3 heteroatoms. The number of hydrogen-bond donors (Lipinski definition) is 2. The van der Waals surface area contributed by atoms with Gasteiger partial charge in [-0.1, -0.05) is 0 Å². The fraction of sp³-hybridized carbons (Fsp3) is 0.500. The van der Waals surface area contributed by atoms with Crippen LogP contribution in [0.25, 0.3) is 0 Å². The number of benzene rings is 1. The molecule has 0 bridgehead atoms. The summed E-state index contributed by atoms with van der Waals surface area (Å²) in [5, 5.41) is 3.44. The molecule has 1 atom stereocenters. The lowest BCUT2D eigenvalue weighted by Crippen LogP contribution is -2.23. The fourth-order valence-electron chi connectivity index (χ4n) is 1.87. The monoisotopic (exact) mass is 205 g/mol. The molecule has 1 heterocycles. The number of rotatable bonds is 4. The maximum absolute atomic E-state index is 5.61. The van der Waals surface area contributed by atoms with Crippen molar-refractivity contribution in [3.63, 3.8) is 0 Å². The second-order valence-corrected chi connectivity index (χ2v) is 3.91. The number of anilines is 1. The van der Waals surface area contributed by atoms with Crippen molar-refractivity contribution in [2.45, 2.75) is 25.3 Å². The predicted octanol–water partition coefficient (Wildman–Crippen LogP) is 1.59. The Morgan fingerprint density at radius 3 is 3.27 bits per heavy atom. The van der Waals surface area contributed by atoms with Crippen LogP contribution < -0.4 is 15.8 Å². The van der Waals surface area contributed by atoms with Gasteiger partial charge in [-0.25, -0.2) is 0 Å². The van der Waals surface area contributed by atoms with Gasteiger partial charge in [0.05, 0.1) is 6.61 Å². The minimum absolute atomic E-state index is 0.631. The normalized spacial score (nSPS) is 20.4. The van der Waals surface area contributed by atoms with Gasteiger partial charge in [-0.3, -0.25) is 0 Å². The molecule has 15 heavy (non-hydrogen) atoms. The first kappa shape index (κ1) is 10.3. The minimum atomic E-state index is 0.631. The van der Waals surface area contributed by atoms with Crippen LogP contribution in [0, 0.1) is 6.07 Å². The Balaban J connectivity index is 1.73. The number of ether oxygens (including phenoxy) is 1. The zero-order valence-electron chi connectivity index (χ0n) is 8.83. The highest BCUT2D eigenvalue weighted by atomic mass is 16.5. The summed E-state index contributed by atoms with van der Waals surface area (Å²) in [6.07, 6.45) is 3.63. The highest BCUT2D eigenvalue weighted by Gasteiger charge is 2.13. The van der Waals surface area contributed by atoms with Gasteiger partial charge < -0.3 is 15.8 Å². The zero-order chi connectivity index (χ0) is 10.5. The summed E-state index contributed by atoms with van der Waals surface area (Å²) in [6.45, 7) is 1.90. The van der Waals surface area contributed by atoms with Crippen molar-refractivity contribution in [3.05, 3.63) is 24.3 Å². The molecule has 0 aliphatic carbocycles. The van der Waals surface area contributed by atoms with E-state index in [1.807, 2.05) is 12.1 Å². The summed E-state index contributed by atoms with van der Waals surface area (Å²) in [4.78, 5) is 0. The third kappa shape index (κ3) is 3.13. The van der Waals surface area contributed by atoms with Crippen molar-refractivity contribution in [2.75, 3.05) is 18.9 Å². The van der Waals surface area contributed by atoms with E-state index in [1.165, 1.54) is 12.8 Å². The Bertz CT molecular complexity index is 308. The van der Waals surface area contributed by atoms with E-state index >= 15 is 0 Å². The number of nitrogen functional groups attached to an aromatic ring is 1. The van der Waals surface area contributed by atoms with Crippen LogP contribution in [0.1, 0.15) is 19.3 Å². The van der Waals surface area contributed by atoms with Crippen LogP contribution in [0.15, 0.2) is 18.2 Å². The summed E-state index contributed by atoms with van der Waals surface area (Å²) in [5.41, 5.74) is 6.24. The summed E-state index contributed by atoms with van der Waals surface area (Å²) in [7, 11) is 0. The largest absolute Gasteiger partial charge is 0.493 e. The first-order valence-electron chi connectivity index (χ1n) is 5.48. The topological polar surface area (TPSA) is 47.3 Å². The van der Waals surface area contributed by atoms with Gasteiger partial charge in [0.25, 0.3) is 0 Å². The molecule has 0 spiro atoms. The molecule has 1 saturated heterocycles. The molecule has 1 aliphatic rings. The van der Waals surface area contributed by atoms with E-state index in [9.17, 15) is 0 Å². The summed E-state index contributed by atoms with van der Waals surface area (Å²) >= 11 is 0. The van der Waals surface area contributed by atoms with E-state index in [4.69, 9.17) is 10.5 Å². The second-order valence-electron chi connectivity index (χ2n) is 3.91. The van der Waals surface area contributed by atoms with Gasteiger partial charge in [0, 0.05) is 23.9 Å². The van der Waals surface area contributed by atoms with Crippen LogP contribution in [0.5, 0.6) is 5.75 Å². The number of nitrogens with two attached hydrogens (primary N) is 1. The van der Waals surface area contributed by atoms with Crippen LogP contribution in [0.2, 0.25) is 0 Å². The fourth-order valence-corrected chi connectivity index (χ4v) is 1.87. The SMILES string of the molecule is Nc1[c]ccc(OCCC2CCCN2)c1. The van der Waals surface area contributed by atoms with Gasteiger partial charge in [-0.15, -0.1) is 0 Å². The van der Waals surface area contributed by atoms with Gasteiger partial charge in [-0.05, 0) is 37.9 Å². The summed E-state index contributed by atoms with van der Waals surface area (Å²) < 4.78 is 5.61. The van der Waals surface area contributed by atoms with Gasteiger partial charge in [0.2, 0.25) is 0 Å². The molecule has 1 aliphatic heterocycles. The highest BCUT2D eigenvalue weighted by molar-refractivity contribution is 5.42. The lowest BCUT2D eigenvalue weighted by molar-refractivity contribution is 0.292. The number of hydrogen-bond acceptors (Lipinski definition) is 3. The van der Waals surface area contributed by atoms with E-state index < -0.39 is 0 Å². The molecule has 81 valence electrons. The molecule has 0 aromatic heterocycles. The Hall–Kier alpha value is -1.22. The van der Waals surface area contributed by atoms with Crippen molar-refractivity contribution in [3.8, 4) is 5.75 Å². The molecule has 1 unspecified atom stereocenters. The maximum atomic E-state index is 5.61. The Kier molecular flexibility index (Phi) is 3.45. The molecule has 0 amide bonds. The standard InChI is InChI=1S/C12H17N2O/c13-10-3-1-5-12(9-10)15-8-6-11-4-2-7-14-11/h1,5,9,11,14H,2,4,6-8,13H2. The van der Waals surface area contributed by atoms with Gasteiger partial charge in [0.15, 0.2) is 0 Å². The molecule has 1 fully saturated rings. The Morgan fingerprint density at radius 1 is 1.60 bits per heavy atom. The van der Waals surface area contributed by atoms with Gasteiger partial charge in [-0.2, -0.15) is 0 Å². The average molecular weight is 205 g/mol. The second kappa shape index (κ2) is 5.03. The molecular formula is C12H17N2O. The molecule has 2 rings (SSSR count). The van der Waals surface area contributed by atoms with Crippen LogP contribution in [-0.2, 0) is 0 Å². The lowest BCUT2D eigenvalue weighted by atomic mass is 10.2. The van der Waals surface area contributed by atoms with Crippen molar-refractivity contribution in [1.29, 1.82) is 0 Å². The minimum Gasteiger partial charge on any atom is -0.493 e. The van der Waals surface area contributed by atoms with Crippen LogP contribution in [0.3, 0.4) is 0 Å². The van der Waals surface area contributed by atoms with Gasteiger partial charge >= 0.3 is 0 Å². The number of nitrogens with one attached hydrogen (secondary N) is 1. The van der Waals surface area contributed by atoms with Crippen LogP contribution in [0.4, 0.5) is 5.69 Å². The smallest absolute Gasteiger partial charge is 0.121 e. The van der Waals surface area contributed by atoms with E-state index in [0.29, 0.717) is 11.7 Å². The molecule has 3 N–H and O–H groups in total. The Labute approximate surface area is 90.6 Å². The summed E-state index contributed by atoms with van der Waals surface area (Å²) in [6, 6.07) is 9.01. The third-order valence-electron chi connectivity index (χ3n) is 2.69. The van der Waals surface area contributed by atoms with Crippen molar-refractivity contribution >= 4 is 5.69 Å². The third-order valence-corrected chi connectivity index (χ3v) is 2.69. The van der Waals surface area contributed by atoms with Gasteiger partial charge in [0.1, 0.15) is 5.75 Å². The maximum Gasteiger partial charge on any atom is 0.121 e. The predicted molar refractivity (Wildman–Crippen MR) is 60.8 cm³/mol. The molecule has 1 aromatic carbocycles. The van der Waals surface area contributed by atoms with E-state index in [-0.39, 0.29) is 0 Å².